The van der Waals surface area contributed by atoms with Crippen LogP contribution in [-0.2, 0) is 28.5 Å². The van der Waals surface area contributed by atoms with Crippen LogP contribution in [0.25, 0.3) is 0 Å². The van der Waals surface area contributed by atoms with Gasteiger partial charge in [0.25, 0.3) is 0 Å². The predicted molar refractivity (Wildman–Crippen MR) is 57.0 cm³/mol. The fourth-order valence-electron chi connectivity index (χ4n) is 1.27. The molecule has 0 aromatic rings. The first-order chi connectivity index (χ1) is 7.93. The molecule has 0 saturated carbocycles. The molecule has 0 amide bonds. The van der Waals surface area contributed by atoms with Crippen LogP contribution in [0.4, 0.5) is 0 Å². The Balaban J connectivity index is 2.25. The monoisotopic (exact) mass is 244 g/mol. The molecule has 0 aromatic heterocycles. The lowest BCUT2D eigenvalue weighted by Crippen LogP contribution is -2.24. The number of carbonyl (C=O) groups excluding carboxylic acids is 2. The first-order valence-corrected chi connectivity index (χ1v) is 5.17. The third kappa shape index (κ3) is 4.97. The van der Waals surface area contributed by atoms with Gasteiger partial charge in [0.05, 0.1) is 13.7 Å². The molecule has 1 saturated heterocycles. The average Bonchev–Trinajstić information content (AvgIpc) is 2.63. The maximum atomic E-state index is 11.2. The van der Waals surface area contributed by atoms with E-state index in [2.05, 4.69) is 4.74 Å². The van der Waals surface area contributed by atoms with Crippen molar-refractivity contribution in [3.8, 4) is 0 Å². The van der Waals surface area contributed by atoms with Gasteiger partial charge in [0.1, 0.15) is 12.7 Å². The summed E-state index contributed by atoms with van der Waals surface area (Å²) in [5, 5.41) is 0. The molecule has 0 radical (unpaired) electrons. The maximum Gasteiger partial charge on any atom is 0.331 e. The van der Waals surface area contributed by atoms with Crippen molar-refractivity contribution in [2.75, 3.05) is 20.3 Å². The fourth-order valence-corrected chi connectivity index (χ4v) is 1.27. The lowest BCUT2D eigenvalue weighted by Gasteiger charge is -2.16. The van der Waals surface area contributed by atoms with Crippen LogP contribution >= 0.6 is 0 Å². The molecule has 1 aliphatic heterocycles. The first-order valence-electron chi connectivity index (χ1n) is 5.17. The molecular formula is C11H16O6. The molecule has 1 atom stereocenters. The molecule has 0 N–H and O–H groups in total. The van der Waals surface area contributed by atoms with Crippen molar-refractivity contribution in [3.63, 3.8) is 0 Å². The van der Waals surface area contributed by atoms with E-state index in [1.165, 1.54) is 7.11 Å². The Morgan fingerprint density at radius 1 is 1.35 bits per heavy atom. The topological polar surface area (TPSA) is 71.1 Å². The molecule has 0 aliphatic carbocycles. The third-order valence-corrected chi connectivity index (χ3v) is 2.04. The minimum absolute atomic E-state index is 0.0910. The van der Waals surface area contributed by atoms with Crippen LogP contribution in [0, 0.1) is 0 Å². The van der Waals surface area contributed by atoms with Crippen molar-refractivity contribution < 1.29 is 28.5 Å². The minimum atomic E-state index is -0.640. The highest BCUT2D eigenvalue weighted by molar-refractivity contribution is 5.91. The van der Waals surface area contributed by atoms with Crippen LogP contribution in [0.2, 0.25) is 0 Å². The quantitative estimate of drug-likeness (QED) is 0.527. The SMILES string of the molecule is COC(=O)C=CC(=O)OCC1COC(C)(C)O1. The van der Waals surface area contributed by atoms with Gasteiger partial charge in [-0.05, 0) is 13.8 Å². The molecule has 17 heavy (non-hydrogen) atoms. The molecule has 6 nitrogen and oxygen atoms in total. The Morgan fingerprint density at radius 3 is 2.53 bits per heavy atom. The van der Waals surface area contributed by atoms with Crippen LogP contribution in [0.1, 0.15) is 13.8 Å². The van der Waals surface area contributed by atoms with Gasteiger partial charge in [0, 0.05) is 12.2 Å². The number of hydrogen-bond acceptors (Lipinski definition) is 6. The number of methoxy groups -OCH3 is 1. The van der Waals surface area contributed by atoms with Crippen molar-refractivity contribution in [1.29, 1.82) is 0 Å². The smallest absolute Gasteiger partial charge is 0.331 e. The highest BCUT2D eigenvalue weighted by Crippen LogP contribution is 2.22. The van der Waals surface area contributed by atoms with Crippen molar-refractivity contribution in [3.05, 3.63) is 12.2 Å². The Kier molecular flexibility index (Phi) is 4.65. The van der Waals surface area contributed by atoms with Gasteiger partial charge < -0.3 is 18.9 Å². The van der Waals surface area contributed by atoms with Crippen LogP contribution in [0.3, 0.4) is 0 Å². The molecular weight excluding hydrogens is 228 g/mol. The van der Waals surface area contributed by atoms with E-state index < -0.39 is 17.7 Å². The zero-order valence-corrected chi connectivity index (χ0v) is 10.1. The van der Waals surface area contributed by atoms with Crippen molar-refractivity contribution in [2.45, 2.75) is 25.7 Å². The molecule has 0 spiro atoms. The third-order valence-electron chi connectivity index (χ3n) is 2.04. The second-order valence-electron chi connectivity index (χ2n) is 3.94. The second-order valence-corrected chi connectivity index (χ2v) is 3.94. The van der Waals surface area contributed by atoms with Gasteiger partial charge >= 0.3 is 11.9 Å². The Labute approximate surface area is 99.5 Å². The maximum absolute atomic E-state index is 11.2. The molecule has 0 aromatic carbocycles. The number of esters is 2. The number of hydrogen-bond donors (Lipinski definition) is 0. The lowest BCUT2D eigenvalue weighted by molar-refractivity contribution is -0.155. The molecule has 96 valence electrons. The zero-order valence-electron chi connectivity index (χ0n) is 10.1. The number of ether oxygens (including phenoxy) is 4. The summed E-state index contributed by atoms with van der Waals surface area (Å²) in [6.45, 7) is 4.03. The second kappa shape index (κ2) is 5.79. The van der Waals surface area contributed by atoms with Crippen molar-refractivity contribution >= 4 is 11.9 Å². The summed E-state index contributed by atoms with van der Waals surface area (Å²) in [5.41, 5.74) is 0. The van der Waals surface area contributed by atoms with Gasteiger partial charge in [0.15, 0.2) is 5.79 Å². The Bertz CT molecular complexity index is 320. The lowest BCUT2D eigenvalue weighted by atomic mass is 10.4. The van der Waals surface area contributed by atoms with Crippen molar-refractivity contribution in [2.24, 2.45) is 0 Å². The summed E-state index contributed by atoms with van der Waals surface area (Å²) in [6, 6.07) is 0. The average molecular weight is 244 g/mol. The van der Waals surface area contributed by atoms with Gasteiger partial charge in [-0.2, -0.15) is 0 Å². The van der Waals surface area contributed by atoms with E-state index in [-0.39, 0.29) is 12.7 Å². The molecule has 1 unspecified atom stereocenters. The van der Waals surface area contributed by atoms with Gasteiger partial charge in [-0.1, -0.05) is 0 Å². The van der Waals surface area contributed by atoms with E-state index in [1.807, 2.05) is 0 Å². The molecule has 1 rings (SSSR count). The van der Waals surface area contributed by atoms with Crippen molar-refractivity contribution in [1.82, 2.24) is 0 Å². The van der Waals surface area contributed by atoms with Gasteiger partial charge in [0.2, 0.25) is 0 Å². The van der Waals surface area contributed by atoms with Gasteiger partial charge in [-0.3, -0.25) is 0 Å². The first kappa shape index (κ1) is 13.7. The summed E-state index contributed by atoms with van der Waals surface area (Å²) in [4.78, 5) is 21.9. The van der Waals surface area contributed by atoms with E-state index in [0.29, 0.717) is 6.61 Å². The minimum Gasteiger partial charge on any atom is -0.466 e. The Morgan fingerprint density at radius 2 is 2.00 bits per heavy atom. The van der Waals surface area contributed by atoms with E-state index in [0.717, 1.165) is 12.2 Å². The van der Waals surface area contributed by atoms with E-state index >= 15 is 0 Å². The molecule has 6 heteroatoms. The van der Waals surface area contributed by atoms with E-state index in [1.54, 1.807) is 13.8 Å². The normalized spacial score (nSPS) is 22.6. The highest BCUT2D eigenvalue weighted by Gasteiger charge is 2.33. The molecule has 1 heterocycles. The largest absolute Gasteiger partial charge is 0.466 e. The predicted octanol–water partition coefficient (Wildman–Crippen LogP) is 0.410. The van der Waals surface area contributed by atoms with E-state index in [9.17, 15) is 9.59 Å². The molecule has 0 bridgehead atoms. The van der Waals surface area contributed by atoms with Crippen LogP contribution in [0.5, 0.6) is 0 Å². The number of rotatable bonds is 4. The summed E-state index contributed by atoms with van der Waals surface area (Å²) >= 11 is 0. The van der Waals surface area contributed by atoms with Gasteiger partial charge in [-0.15, -0.1) is 0 Å². The van der Waals surface area contributed by atoms with Crippen LogP contribution in [-0.4, -0.2) is 44.2 Å². The summed E-state index contributed by atoms with van der Waals surface area (Å²) in [7, 11) is 1.23. The Hall–Kier alpha value is -1.40. The fraction of sp³-hybridized carbons (Fsp3) is 0.636. The highest BCUT2D eigenvalue weighted by atomic mass is 16.7. The van der Waals surface area contributed by atoms with Gasteiger partial charge in [-0.25, -0.2) is 9.59 Å². The standard InChI is InChI=1S/C11H16O6/c1-11(2)16-7-8(17-11)6-15-10(13)5-4-9(12)14-3/h4-5,8H,6-7H2,1-3H3. The van der Waals surface area contributed by atoms with Crippen LogP contribution in [0.15, 0.2) is 12.2 Å². The molecule has 1 aliphatic rings. The zero-order chi connectivity index (χ0) is 12.9. The summed E-state index contributed by atoms with van der Waals surface area (Å²) in [6.07, 6.45) is 1.73. The summed E-state index contributed by atoms with van der Waals surface area (Å²) < 4.78 is 19.9. The van der Waals surface area contributed by atoms with Crippen LogP contribution < -0.4 is 0 Å². The number of carbonyl (C=O) groups is 2. The molecule has 1 fully saturated rings. The summed E-state index contributed by atoms with van der Waals surface area (Å²) in [5.74, 6) is -1.87. The van der Waals surface area contributed by atoms with E-state index in [4.69, 9.17) is 14.2 Å².